The molecule has 0 saturated carbocycles. The highest BCUT2D eigenvalue weighted by atomic mass is 16.5. The third-order valence-electron chi connectivity index (χ3n) is 6.45. The zero-order valence-electron chi connectivity index (χ0n) is 23.1. The van der Waals surface area contributed by atoms with Crippen molar-refractivity contribution in [3.63, 3.8) is 0 Å². The molecule has 0 saturated heterocycles. The molecule has 0 bridgehead atoms. The Balaban J connectivity index is 2.30. The monoisotopic (exact) mass is 522 g/mol. The molecule has 2 aromatic carbocycles. The van der Waals surface area contributed by atoms with E-state index in [0.29, 0.717) is 40.8 Å². The molecule has 0 aliphatic carbocycles. The van der Waals surface area contributed by atoms with E-state index in [1.165, 1.54) is 19.0 Å². The molecule has 2 N–H and O–H groups in total. The summed E-state index contributed by atoms with van der Waals surface area (Å²) in [5.41, 5.74) is 5.62. The smallest absolute Gasteiger partial charge is 0.357 e. The SMILES string of the molecule is CCN(CC)CCC(=O)Nn1nc(C(=O)O)c(-c2ccccc2CC(C)C)c1-c1c(OC)cccc1OC. The predicted molar refractivity (Wildman–Crippen MR) is 148 cm³/mol. The van der Waals surface area contributed by atoms with Crippen LogP contribution in [0.3, 0.4) is 0 Å². The molecule has 1 heterocycles. The minimum Gasteiger partial charge on any atom is -0.496 e. The lowest BCUT2D eigenvalue weighted by molar-refractivity contribution is -0.117. The zero-order valence-corrected chi connectivity index (χ0v) is 23.1. The van der Waals surface area contributed by atoms with Gasteiger partial charge in [-0.3, -0.25) is 4.79 Å². The molecule has 38 heavy (non-hydrogen) atoms. The Kier molecular flexibility index (Phi) is 9.90. The van der Waals surface area contributed by atoms with Crippen LogP contribution in [0, 0.1) is 5.92 Å². The van der Waals surface area contributed by atoms with Crippen molar-refractivity contribution < 1.29 is 24.2 Å². The number of hydrogen-bond donors (Lipinski definition) is 2. The highest BCUT2D eigenvalue weighted by Gasteiger charge is 2.31. The lowest BCUT2D eigenvalue weighted by Crippen LogP contribution is -2.31. The first kappa shape index (κ1) is 28.7. The van der Waals surface area contributed by atoms with Crippen molar-refractivity contribution in [3.05, 3.63) is 53.7 Å². The normalized spacial score (nSPS) is 11.2. The molecule has 9 nitrogen and oxygen atoms in total. The van der Waals surface area contributed by atoms with Gasteiger partial charge in [0.05, 0.1) is 19.8 Å². The number of carboxylic acid groups (broad SMARTS) is 1. The quantitative estimate of drug-likeness (QED) is 0.328. The summed E-state index contributed by atoms with van der Waals surface area (Å²) in [4.78, 5) is 29.0. The third kappa shape index (κ3) is 6.34. The highest BCUT2D eigenvalue weighted by molar-refractivity contribution is 6.02. The number of aromatic nitrogens is 2. The molecule has 0 spiro atoms. The van der Waals surface area contributed by atoms with Gasteiger partial charge in [-0.05, 0) is 48.7 Å². The fraction of sp³-hybridized carbons (Fsp3) is 0.414. The van der Waals surface area contributed by atoms with Crippen LogP contribution in [0.5, 0.6) is 11.5 Å². The van der Waals surface area contributed by atoms with E-state index < -0.39 is 5.97 Å². The van der Waals surface area contributed by atoms with Crippen LogP contribution in [-0.2, 0) is 11.2 Å². The molecule has 0 radical (unpaired) electrons. The summed E-state index contributed by atoms with van der Waals surface area (Å²) < 4.78 is 11.4. The van der Waals surface area contributed by atoms with Gasteiger partial charge in [0.2, 0.25) is 5.91 Å². The number of methoxy groups -OCH3 is 2. The summed E-state index contributed by atoms with van der Waals surface area (Å²) in [6.45, 7) is 10.5. The summed E-state index contributed by atoms with van der Waals surface area (Å²) in [5.74, 6) is -0.229. The first-order chi connectivity index (χ1) is 18.2. The number of hydrogen-bond acceptors (Lipinski definition) is 6. The van der Waals surface area contributed by atoms with Crippen molar-refractivity contribution in [2.24, 2.45) is 5.92 Å². The molecular weight excluding hydrogens is 484 g/mol. The number of carbonyl (C=O) groups is 2. The largest absolute Gasteiger partial charge is 0.496 e. The van der Waals surface area contributed by atoms with Gasteiger partial charge in [-0.1, -0.05) is 58.0 Å². The van der Waals surface area contributed by atoms with E-state index in [-0.39, 0.29) is 18.0 Å². The first-order valence-corrected chi connectivity index (χ1v) is 12.9. The number of carboxylic acids is 1. The molecule has 1 aromatic heterocycles. The standard InChI is InChI=1S/C29H38N4O5/c1-7-32(8-2)17-16-24(34)30-33-28(26-22(37-5)14-11-15-23(26)38-6)25(27(31-33)29(35)36)21-13-10-9-12-20(21)18-19(3)4/h9-15,19H,7-8,16-18H2,1-6H3,(H,30,34)(H,35,36). The molecule has 0 unspecified atom stereocenters. The Morgan fingerprint density at radius 3 is 2.18 bits per heavy atom. The van der Waals surface area contributed by atoms with Gasteiger partial charge in [0.1, 0.15) is 17.2 Å². The summed E-state index contributed by atoms with van der Waals surface area (Å²) >= 11 is 0. The van der Waals surface area contributed by atoms with Gasteiger partial charge in [-0.15, -0.1) is 5.10 Å². The number of aromatic carboxylic acids is 1. The number of benzene rings is 2. The Bertz CT molecular complexity index is 1240. The van der Waals surface area contributed by atoms with Crippen LogP contribution in [0.2, 0.25) is 0 Å². The lowest BCUT2D eigenvalue weighted by Gasteiger charge is -2.19. The van der Waals surface area contributed by atoms with Crippen molar-refractivity contribution in [1.29, 1.82) is 0 Å². The van der Waals surface area contributed by atoms with Gasteiger partial charge in [0, 0.05) is 18.5 Å². The van der Waals surface area contributed by atoms with Crippen molar-refractivity contribution in [1.82, 2.24) is 14.8 Å². The second-order valence-electron chi connectivity index (χ2n) is 9.39. The van der Waals surface area contributed by atoms with Crippen LogP contribution in [0.4, 0.5) is 0 Å². The molecule has 0 fully saturated rings. The summed E-state index contributed by atoms with van der Waals surface area (Å²) in [7, 11) is 3.07. The molecule has 0 atom stereocenters. The summed E-state index contributed by atoms with van der Waals surface area (Å²) in [5, 5.41) is 14.7. The lowest BCUT2D eigenvalue weighted by atomic mass is 9.90. The molecule has 9 heteroatoms. The Labute approximate surface area is 224 Å². The Morgan fingerprint density at radius 1 is 1.00 bits per heavy atom. The average molecular weight is 523 g/mol. The zero-order chi connectivity index (χ0) is 27.8. The van der Waals surface area contributed by atoms with E-state index in [4.69, 9.17) is 9.47 Å². The summed E-state index contributed by atoms with van der Waals surface area (Å²) in [6, 6.07) is 13.0. The molecule has 0 aliphatic rings. The number of nitrogens with zero attached hydrogens (tertiary/aromatic N) is 3. The summed E-state index contributed by atoms with van der Waals surface area (Å²) in [6.07, 6.45) is 0.963. The molecule has 1 amide bonds. The van der Waals surface area contributed by atoms with Crippen LogP contribution in [0.15, 0.2) is 42.5 Å². The third-order valence-corrected chi connectivity index (χ3v) is 6.45. The van der Waals surface area contributed by atoms with E-state index in [9.17, 15) is 14.7 Å². The number of amides is 1. The van der Waals surface area contributed by atoms with Gasteiger partial charge in [0.15, 0.2) is 5.69 Å². The number of ether oxygens (including phenoxy) is 2. The Morgan fingerprint density at radius 2 is 1.63 bits per heavy atom. The fourth-order valence-corrected chi connectivity index (χ4v) is 4.57. The van der Waals surface area contributed by atoms with Crippen LogP contribution in [-0.4, -0.2) is 65.6 Å². The Hall–Kier alpha value is -3.85. The van der Waals surface area contributed by atoms with Crippen LogP contribution in [0.25, 0.3) is 22.4 Å². The van der Waals surface area contributed by atoms with Crippen molar-refractivity contribution in [3.8, 4) is 33.9 Å². The molecule has 0 aliphatic heterocycles. The van der Waals surface area contributed by atoms with Gasteiger partial charge in [-0.2, -0.15) is 4.79 Å². The highest BCUT2D eigenvalue weighted by Crippen LogP contribution is 2.45. The van der Waals surface area contributed by atoms with E-state index in [0.717, 1.165) is 30.6 Å². The van der Waals surface area contributed by atoms with Crippen molar-refractivity contribution in [2.45, 2.75) is 40.5 Å². The van der Waals surface area contributed by atoms with Gasteiger partial charge < -0.3 is 19.5 Å². The minimum absolute atomic E-state index is 0.173. The van der Waals surface area contributed by atoms with E-state index in [1.54, 1.807) is 18.2 Å². The fourth-order valence-electron chi connectivity index (χ4n) is 4.57. The minimum atomic E-state index is -1.20. The maximum Gasteiger partial charge on any atom is 0.357 e. The maximum absolute atomic E-state index is 13.1. The van der Waals surface area contributed by atoms with Crippen LogP contribution < -0.4 is 14.9 Å². The second kappa shape index (κ2) is 13.1. The molecule has 204 valence electrons. The van der Waals surface area contributed by atoms with Crippen LogP contribution >= 0.6 is 0 Å². The first-order valence-electron chi connectivity index (χ1n) is 12.9. The van der Waals surface area contributed by atoms with Crippen molar-refractivity contribution >= 4 is 11.9 Å². The topological polar surface area (TPSA) is 106 Å². The molecule has 3 aromatic rings. The van der Waals surface area contributed by atoms with E-state index in [1.807, 2.05) is 38.1 Å². The van der Waals surface area contributed by atoms with E-state index >= 15 is 0 Å². The van der Waals surface area contributed by atoms with E-state index in [2.05, 4.69) is 29.3 Å². The van der Waals surface area contributed by atoms with Gasteiger partial charge in [-0.25, -0.2) is 10.2 Å². The van der Waals surface area contributed by atoms with Crippen molar-refractivity contribution in [2.75, 3.05) is 39.3 Å². The number of rotatable bonds is 13. The predicted octanol–water partition coefficient (Wildman–Crippen LogP) is 4.93. The molecule has 3 rings (SSSR count). The number of nitrogens with one attached hydrogen (secondary N) is 1. The van der Waals surface area contributed by atoms with Gasteiger partial charge >= 0.3 is 5.97 Å². The van der Waals surface area contributed by atoms with Crippen LogP contribution in [0.1, 0.15) is 50.2 Å². The number of carbonyl (C=O) groups excluding carboxylic acids is 1. The maximum atomic E-state index is 13.1. The van der Waals surface area contributed by atoms with Gasteiger partial charge in [0.25, 0.3) is 0 Å². The molecular formula is C29H38N4O5. The average Bonchev–Trinajstić information content (AvgIpc) is 3.27. The second-order valence-corrected chi connectivity index (χ2v) is 9.39.